The van der Waals surface area contributed by atoms with Crippen LogP contribution in [0.1, 0.15) is 11.8 Å². The topological polar surface area (TPSA) is 26.3 Å². The number of esters is 1. The van der Waals surface area contributed by atoms with Gasteiger partial charge < -0.3 is 4.74 Å². The first-order valence-corrected chi connectivity index (χ1v) is 9.20. The average Bonchev–Trinajstić information content (AvgIpc) is 3.22. The molecule has 5 heteroatoms. The van der Waals surface area contributed by atoms with Crippen LogP contribution in [0.2, 0.25) is 0 Å². The Balaban J connectivity index is 1.71. The van der Waals surface area contributed by atoms with Gasteiger partial charge in [0.15, 0.2) is 0 Å². The predicted molar refractivity (Wildman–Crippen MR) is 95.6 cm³/mol. The van der Waals surface area contributed by atoms with Crippen LogP contribution in [0.25, 0.3) is 19.5 Å². The summed E-state index contributed by atoms with van der Waals surface area (Å²) in [5, 5.41) is 2.09. The van der Waals surface area contributed by atoms with Crippen LogP contribution in [0.15, 0.2) is 53.9 Å². The molecular weight excluding hydrogens is 332 g/mol. The largest absolute Gasteiger partial charge is 0.457 e. The number of carbonyl (C=O) groups excluding carboxylic acids is 1. The molecule has 0 unspecified atom stereocenters. The molecule has 0 N–H and O–H groups in total. The lowest BCUT2D eigenvalue weighted by Crippen LogP contribution is -2.03. The minimum Gasteiger partial charge on any atom is -0.457 e. The van der Waals surface area contributed by atoms with Crippen molar-refractivity contribution in [2.45, 2.75) is 13.5 Å². The Morgan fingerprint density at radius 3 is 2.41 bits per heavy atom. The quantitative estimate of drug-likeness (QED) is 0.429. The van der Waals surface area contributed by atoms with Gasteiger partial charge in [-0.25, -0.2) is 4.79 Å². The van der Waals surface area contributed by atoms with Gasteiger partial charge in [0, 0.05) is 30.0 Å². The maximum atomic E-state index is 11.4. The van der Waals surface area contributed by atoms with Crippen molar-refractivity contribution in [1.82, 2.24) is 0 Å². The SMILES string of the molecule is C=C(C)C(=O)OCc1ccc(-c2ccc(-c3cccs3)s2)s1. The summed E-state index contributed by atoms with van der Waals surface area (Å²) in [5.41, 5.74) is 0.427. The van der Waals surface area contributed by atoms with Gasteiger partial charge in [-0.15, -0.1) is 34.0 Å². The van der Waals surface area contributed by atoms with Crippen molar-refractivity contribution < 1.29 is 9.53 Å². The molecule has 0 aliphatic rings. The molecule has 0 aromatic carbocycles. The Morgan fingerprint density at radius 1 is 1.05 bits per heavy atom. The predicted octanol–water partition coefficient (Wildman–Crippen LogP) is 5.82. The zero-order chi connectivity index (χ0) is 15.5. The summed E-state index contributed by atoms with van der Waals surface area (Å²) in [4.78, 5) is 17.5. The molecule has 0 atom stereocenters. The molecule has 0 bridgehead atoms. The lowest BCUT2D eigenvalue weighted by atomic mass is 10.3. The highest BCUT2D eigenvalue weighted by Gasteiger charge is 2.10. The number of hydrogen-bond acceptors (Lipinski definition) is 5. The van der Waals surface area contributed by atoms with Crippen molar-refractivity contribution in [3.63, 3.8) is 0 Å². The number of carbonyl (C=O) groups is 1. The normalized spacial score (nSPS) is 10.6. The van der Waals surface area contributed by atoms with Gasteiger partial charge >= 0.3 is 5.97 Å². The third-order valence-electron chi connectivity index (χ3n) is 2.97. The van der Waals surface area contributed by atoms with E-state index < -0.39 is 0 Å². The van der Waals surface area contributed by atoms with Crippen molar-refractivity contribution in [2.24, 2.45) is 0 Å². The molecule has 0 amide bonds. The third-order valence-corrected chi connectivity index (χ3v) is 6.37. The lowest BCUT2D eigenvalue weighted by molar-refractivity contribution is -0.140. The first-order valence-electron chi connectivity index (χ1n) is 6.69. The van der Waals surface area contributed by atoms with E-state index in [4.69, 9.17) is 4.74 Å². The molecule has 0 spiro atoms. The first kappa shape index (κ1) is 15.2. The molecular formula is C17H14O2S3. The van der Waals surface area contributed by atoms with E-state index in [1.165, 1.54) is 19.5 Å². The monoisotopic (exact) mass is 346 g/mol. The molecule has 0 saturated carbocycles. The van der Waals surface area contributed by atoms with Crippen LogP contribution >= 0.6 is 34.0 Å². The van der Waals surface area contributed by atoms with Crippen LogP contribution in [-0.4, -0.2) is 5.97 Å². The van der Waals surface area contributed by atoms with E-state index in [0.29, 0.717) is 12.2 Å². The fourth-order valence-electron chi connectivity index (χ4n) is 1.87. The fraction of sp³-hybridized carbons (Fsp3) is 0.118. The van der Waals surface area contributed by atoms with Crippen molar-refractivity contribution in [1.29, 1.82) is 0 Å². The van der Waals surface area contributed by atoms with Crippen molar-refractivity contribution in [3.8, 4) is 19.5 Å². The van der Waals surface area contributed by atoms with Crippen LogP contribution in [-0.2, 0) is 16.1 Å². The highest BCUT2D eigenvalue weighted by molar-refractivity contribution is 7.26. The smallest absolute Gasteiger partial charge is 0.333 e. The van der Waals surface area contributed by atoms with Gasteiger partial charge in [0.05, 0.1) is 0 Å². The second kappa shape index (κ2) is 6.60. The Kier molecular flexibility index (Phi) is 4.57. The van der Waals surface area contributed by atoms with E-state index in [2.05, 4.69) is 42.3 Å². The number of ether oxygens (including phenoxy) is 1. The molecule has 3 rings (SSSR count). The van der Waals surface area contributed by atoms with Gasteiger partial charge in [0.25, 0.3) is 0 Å². The molecule has 3 aromatic heterocycles. The van der Waals surface area contributed by atoms with Crippen molar-refractivity contribution in [3.05, 3.63) is 58.8 Å². The van der Waals surface area contributed by atoms with Crippen molar-refractivity contribution in [2.75, 3.05) is 0 Å². The summed E-state index contributed by atoms with van der Waals surface area (Å²) in [5.74, 6) is -0.342. The maximum absolute atomic E-state index is 11.4. The standard InChI is InChI=1S/C17H14O2S3/c1-11(2)17(18)19-10-12-5-6-15(21-12)16-8-7-14(22-16)13-4-3-9-20-13/h3-9H,1,10H2,2H3. The van der Waals surface area contributed by atoms with E-state index in [9.17, 15) is 4.79 Å². The van der Waals surface area contributed by atoms with Gasteiger partial charge in [0.1, 0.15) is 6.61 Å². The van der Waals surface area contributed by atoms with Crippen LogP contribution < -0.4 is 0 Å². The van der Waals surface area contributed by atoms with E-state index in [1.54, 1.807) is 40.9 Å². The van der Waals surface area contributed by atoms with Gasteiger partial charge in [-0.05, 0) is 42.6 Å². The molecule has 22 heavy (non-hydrogen) atoms. The van der Waals surface area contributed by atoms with E-state index in [-0.39, 0.29) is 5.97 Å². The first-order chi connectivity index (χ1) is 10.6. The summed E-state index contributed by atoms with van der Waals surface area (Å²) in [6.07, 6.45) is 0. The highest BCUT2D eigenvalue weighted by atomic mass is 32.1. The highest BCUT2D eigenvalue weighted by Crippen LogP contribution is 2.39. The summed E-state index contributed by atoms with van der Waals surface area (Å²) in [6.45, 7) is 5.54. The number of rotatable bonds is 5. The Bertz CT molecular complexity index is 794. The fourth-order valence-corrected chi connectivity index (χ4v) is 4.72. The van der Waals surface area contributed by atoms with Gasteiger partial charge in [-0.1, -0.05) is 12.6 Å². The summed E-state index contributed by atoms with van der Waals surface area (Å²) in [7, 11) is 0. The zero-order valence-electron chi connectivity index (χ0n) is 12.0. The molecule has 2 nitrogen and oxygen atoms in total. The van der Waals surface area contributed by atoms with Crippen LogP contribution in [0.4, 0.5) is 0 Å². The number of thiophene rings is 3. The van der Waals surface area contributed by atoms with Crippen LogP contribution in [0, 0.1) is 0 Å². The molecule has 0 aliphatic heterocycles. The summed E-state index contributed by atoms with van der Waals surface area (Å²) < 4.78 is 5.18. The minimum absolute atomic E-state index is 0.305. The average molecular weight is 346 g/mol. The van der Waals surface area contributed by atoms with E-state index >= 15 is 0 Å². The Morgan fingerprint density at radius 2 is 1.73 bits per heavy atom. The van der Waals surface area contributed by atoms with Crippen molar-refractivity contribution >= 4 is 40.0 Å². The van der Waals surface area contributed by atoms with E-state index in [0.717, 1.165) is 4.88 Å². The second-order valence-electron chi connectivity index (χ2n) is 4.76. The van der Waals surface area contributed by atoms with E-state index in [1.807, 2.05) is 6.07 Å². The molecule has 0 radical (unpaired) electrons. The molecule has 0 fully saturated rings. The van der Waals surface area contributed by atoms with Gasteiger partial charge in [-0.3, -0.25) is 0 Å². The number of hydrogen-bond donors (Lipinski definition) is 0. The van der Waals surface area contributed by atoms with Gasteiger partial charge in [0.2, 0.25) is 0 Å². The maximum Gasteiger partial charge on any atom is 0.333 e. The Hall–Kier alpha value is -1.69. The molecule has 3 heterocycles. The third kappa shape index (κ3) is 3.38. The lowest BCUT2D eigenvalue weighted by Gasteiger charge is -2.01. The summed E-state index contributed by atoms with van der Waals surface area (Å²) in [6, 6.07) is 12.6. The second-order valence-corrected chi connectivity index (χ2v) is 7.96. The Labute approximate surface area is 141 Å². The zero-order valence-corrected chi connectivity index (χ0v) is 14.4. The minimum atomic E-state index is -0.342. The molecule has 3 aromatic rings. The van der Waals surface area contributed by atoms with Gasteiger partial charge in [-0.2, -0.15) is 0 Å². The molecule has 0 aliphatic carbocycles. The molecule has 0 saturated heterocycles. The van der Waals surface area contributed by atoms with Crippen LogP contribution in [0.5, 0.6) is 0 Å². The summed E-state index contributed by atoms with van der Waals surface area (Å²) >= 11 is 5.19. The molecule has 112 valence electrons. The van der Waals surface area contributed by atoms with Crippen LogP contribution in [0.3, 0.4) is 0 Å².